The molecule has 0 spiro atoms. The molecule has 17 atom stereocenters. The molecule has 0 amide bonds. The van der Waals surface area contributed by atoms with E-state index in [4.69, 9.17) is 19.9 Å². The number of nitrogens with two attached hydrogens (primary N) is 1. The molecule has 11 N–H and O–H groups in total. The van der Waals surface area contributed by atoms with E-state index < -0.39 is 105 Å². The van der Waals surface area contributed by atoms with Gasteiger partial charge >= 0.3 is 5.97 Å². The largest absolute Gasteiger partial charge is 0.458 e. The van der Waals surface area contributed by atoms with E-state index in [9.17, 15) is 54.1 Å². The number of aliphatic hydroxyl groups is 8. The Hall–Kier alpha value is -3.51. The van der Waals surface area contributed by atoms with E-state index in [1.807, 2.05) is 19.1 Å². The van der Waals surface area contributed by atoms with Crippen molar-refractivity contribution < 1.29 is 68.3 Å². The van der Waals surface area contributed by atoms with Crippen molar-refractivity contribution in [3.05, 3.63) is 84.2 Å². The SMILES string of the molecule is C[C@@H]1O[C@@H](O[C@H]2C[C@@H](O)[C@]3(CO)[C@H]4[C@H](O)C[C@]5(C)[C@@H](C6=CC(=O)OC6)CC[C@]5(O)[C@@H]4CC[C@]3(O)C2)[C@H](O)[C@H](O)[C@H]1O.N[C@@H]1C[C@H]1c1ccccc1.O=S(=O)(c1cccc2cnccc12)N1CCCNCC1. The number of benzene rings is 2. The number of pyridine rings is 1. The van der Waals surface area contributed by atoms with Gasteiger partial charge in [0.25, 0.3) is 0 Å². The van der Waals surface area contributed by atoms with Gasteiger partial charge in [-0.3, -0.25) is 4.98 Å². The zero-order valence-electron chi connectivity index (χ0n) is 40.4. The quantitative estimate of drug-likeness (QED) is 0.118. The molecule has 7 fully saturated rings. The fourth-order valence-electron chi connectivity index (χ4n) is 13.9. The average Bonchev–Trinajstić information content (AvgIpc) is 3.96. The minimum atomic E-state index is -3.45. The van der Waals surface area contributed by atoms with Gasteiger partial charge in [0.1, 0.15) is 24.9 Å². The first-order valence-corrected chi connectivity index (χ1v) is 26.7. The second-order valence-electron chi connectivity index (χ2n) is 21.6. The summed E-state index contributed by atoms with van der Waals surface area (Å²) >= 11 is 0. The molecule has 4 heterocycles. The van der Waals surface area contributed by atoms with Crippen molar-refractivity contribution in [2.45, 2.75) is 149 Å². The topological polar surface area (TPSA) is 295 Å². The van der Waals surface area contributed by atoms with Gasteiger partial charge in [-0.15, -0.1) is 0 Å². The minimum absolute atomic E-state index is 0.0369. The van der Waals surface area contributed by atoms with Crippen LogP contribution in [0, 0.1) is 28.6 Å². The van der Waals surface area contributed by atoms with Crippen LogP contribution in [0.1, 0.15) is 83.1 Å². The summed E-state index contributed by atoms with van der Waals surface area (Å²) in [5.41, 5.74) is 2.63. The molecule has 0 bridgehead atoms. The molecule has 5 saturated carbocycles. The molecule has 18 nitrogen and oxygen atoms in total. The van der Waals surface area contributed by atoms with E-state index in [2.05, 4.69) is 34.6 Å². The van der Waals surface area contributed by atoms with Crippen molar-refractivity contribution in [3.63, 3.8) is 0 Å². The van der Waals surface area contributed by atoms with Gasteiger partial charge in [-0.2, -0.15) is 4.31 Å². The van der Waals surface area contributed by atoms with Crippen LogP contribution in [-0.4, -0.2) is 170 Å². The molecule has 3 aromatic rings. The number of hydrogen-bond donors (Lipinski definition) is 10. The summed E-state index contributed by atoms with van der Waals surface area (Å²) in [4.78, 5) is 16.2. The molecule has 0 unspecified atom stereocenters. The number of cyclic esters (lactones) is 1. The minimum Gasteiger partial charge on any atom is -0.458 e. The summed E-state index contributed by atoms with van der Waals surface area (Å²) in [6.07, 6.45) is -1.35. The summed E-state index contributed by atoms with van der Waals surface area (Å²) in [7, 11) is -3.45. The number of rotatable bonds is 7. The molecular formula is C52H72N4O14S. The number of nitrogens with one attached hydrogen (secondary N) is 1. The van der Waals surface area contributed by atoms with Crippen LogP contribution in [0.4, 0.5) is 0 Å². The van der Waals surface area contributed by atoms with Crippen LogP contribution in [0.3, 0.4) is 0 Å². The lowest BCUT2D eigenvalue weighted by Gasteiger charge is -2.68. The van der Waals surface area contributed by atoms with E-state index in [1.165, 1.54) is 25.0 Å². The molecule has 0 radical (unpaired) electrons. The van der Waals surface area contributed by atoms with Crippen molar-refractivity contribution >= 4 is 26.8 Å². The van der Waals surface area contributed by atoms with E-state index in [0.717, 1.165) is 29.3 Å². The van der Waals surface area contributed by atoms with Crippen molar-refractivity contribution in [1.82, 2.24) is 14.6 Å². The highest BCUT2D eigenvalue weighted by Gasteiger charge is 2.75. The van der Waals surface area contributed by atoms with Gasteiger partial charge in [-0.25, -0.2) is 13.2 Å². The summed E-state index contributed by atoms with van der Waals surface area (Å²) in [5.74, 6) is -1.28. The zero-order chi connectivity index (χ0) is 50.7. The maximum Gasteiger partial charge on any atom is 0.331 e. The average molecular weight is 1010 g/mol. The Kier molecular flexibility index (Phi) is 15.0. The van der Waals surface area contributed by atoms with Gasteiger partial charge < -0.3 is 66.1 Å². The zero-order valence-corrected chi connectivity index (χ0v) is 41.3. The standard InChI is InChI=1S/C29H44O12.C14H17N3O2S.C9H11N/c1-13-22(34)23(35)24(36)25(40-13)41-15-8-19(32)28(12-30)21-17(3-5-27(28,37)9-15)29(38)6-4-16(14-7-20(33)39-11-14)26(29,2)10-18(21)31;18-20(19,17-9-2-6-15-8-10-17)14-4-1-3-12-11-16-7-5-13(12)14;10-9-6-8(9)7-4-2-1-3-5-7/h7,13,15-19,21-25,30-32,34-38H,3-6,8-12H2,1-2H3;1,3-5,7,11,15H,2,6,8-10H2;1-5,8-9H,6,10H2/t13-,15-,16+,17+,18+,19+,21+,22-,23+,24+,25-,26+,27-,28+,29-;;8-,9+/m0.0/s1. The first-order valence-electron chi connectivity index (χ1n) is 25.3. The number of sulfonamides is 1. The Labute approximate surface area is 414 Å². The van der Waals surface area contributed by atoms with E-state index in [0.29, 0.717) is 55.8 Å². The molecule has 8 aliphatic rings. The molecule has 19 heteroatoms. The van der Waals surface area contributed by atoms with E-state index in [1.54, 1.807) is 34.9 Å². The van der Waals surface area contributed by atoms with E-state index in [-0.39, 0.29) is 38.2 Å². The lowest BCUT2D eigenvalue weighted by molar-refractivity contribution is -0.342. The summed E-state index contributed by atoms with van der Waals surface area (Å²) in [6.45, 7) is 5.65. The third-order valence-electron chi connectivity index (χ3n) is 17.8. The highest BCUT2D eigenvalue weighted by atomic mass is 32.2. The normalized spacial score (nSPS) is 42.2. The maximum absolute atomic E-state index is 12.8. The second kappa shape index (κ2) is 20.3. The summed E-state index contributed by atoms with van der Waals surface area (Å²) < 4.78 is 43.9. The van der Waals surface area contributed by atoms with Crippen molar-refractivity contribution in [3.8, 4) is 0 Å². The molecule has 5 aliphatic carbocycles. The Morgan fingerprint density at radius 3 is 2.39 bits per heavy atom. The smallest absolute Gasteiger partial charge is 0.331 e. The predicted octanol–water partition coefficient (Wildman–Crippen LogP) is 1.21. The molecule has 1 aromatic heterocycles. The number of esters is 1. The number of fused-ring (bicyclic) bond motifs is 6. The Morgan fingerprint density at radius 1 is 0.930 bits per heavy atom. The number of ether oxygens (including phenoxy) is 3. The number of hydrogen-bond acceptors (Lipinski definition) is 17. The van der Waals surface area contributed by atoms with Crippen molar-refractivity contribution in [1.29, 1.82) is 0 Å². The highest BCUT2D eigenvalue weighted by Crippen LogP contribution is 2.70. The van der Waals surface area contributed by atoms with Crippen LogP contribution in [0.25, 0.3) is 10.8 Å². The lowest BCUT2D eigenvalue weighted by atomic mass is 9.40. The Balaban J connectivity index is 0.000000169. The van der Waals surface area contributed by atoms with Crippen LogP contribution in [0.15, 0.2) is 83.5 Å². The first-order chi connectivity index (χ1) is 33.8. The van der Waals surface area contributed by atoms with E-state index >= 15 is 0 Å². The molecular weight excluding hydrogens is 937 g/mol. The fourth-order valence-corrected chi connectivity index (χ4v) is 15.6. The number of carbonyl (C=O) groups is 1. The molecule has 71 heavy (non-hydrogen) atoms. The van der Waals surface area contributed by atoms with Crippen LogP contribution >= 0.6 is 0 Å². The van der Waals surface area contributed by atoms with Crippen molar-refractivity contribution in [2.24, 2.45) is 34.3 Å². The van der Waals surface area contributed by atoms with Gasteiger partial charge in [-0.1, -0.05) is 49.4 Å². The summed E-state index contributed by atoms with van der Waals surface area (Å²) in [5, 5.41) is 94.4. The molecule has 3 aliphatic heterocycles. The number of aliphatic hydroxyl groups excluding tert-OH is 6. The third-order valence-corrected chi connectivity index (χ3v) is 19.8. The second-order valence-corrected chi connectivity index (χ2v) is 23.5. The molecule has 2 aromatic carbocycles. The number of nitrogens with zero attached hydrogens (tertiary/aromatic N) is 2. The van der Waals surface area contributed by atoms with Crippen LogP contribution in [0.2, 0.25) is 0 Å². The molecule has 2 saturated heterocycles. The Morgan fingerprint density at radius 2 is 1.69 bits per heavy atom. The van der Waals surface area contributed by atoms with Gasteiger partial charge in [-0.05, 0) is 93.5 Å². The van der Waals surface area contributed by atoms with Crippen LogP contribution < -0.4 is 11.1 Å². The van der Waals surface area contributed by atoms with Crippen LogP contribution in [0.5, 0.6) is 0 Å². The Bertz CT molecular complexity index is 2510. The van der Waals surface area contributed by atoms with Crippen molar-refractivity contribution in [2.75, 3.05) is 39.4 Å². The predicted molar refractivity (Wildman–Crippen MR) is 258 cm³/mol. The molecule has 11 rings (SSSR count). The van der Waals surface area contributed by atoms with Gasteiger partial charge in [0.15, 0.2) is 6.29 Å². The maximum atomic E-state index is 12.8. The molecule has 390 valence electrons. The van der Waals surface area contributed by atoms with Gasteiger partial charge in [0, 0.05) is 85.0 Å². The fraction of sp³-hybridized carbons (Fsp3) is 0.654. The first kappa shape index (κ1) is 52.4. The third kappa shape index (κ3) is 9.29. The van der Waals surface area contributed by atoms with Crippen LogP contribution in [-0.2, 0) is 29.0 Å². The van der Waals surface area contributed by atoms with Gasteiger partial charge in [0.2, 0.25) is 10.0 Å². The number of aromatic nitrogens is 1. The monoisotopic (exact) mass is 1010 g/mol. The highest BCUT2D eigenvalue weighted by molar-refractivity contribution is 7.89. The lowest BCUT2D eigenvalue weighted by Crippen LogP contribution is -2.76. The number of carbonyl (C=O) groups excluding carboxylic acids is 1. The van der Waals surface area contributed by atoms with Gasteiger partial charge in [0.05, 0.1) is 52.5 Å². The summed E-state index contributed by atoms with van der Waals surface area (Å²) in [6, 6.07) is 18.0.